The number of nitrogens with zero attached hydrogens (tertiary/aromatic N) is 5. The van der Waals surface area contributed by atoms with Crippen LogP contribution in [0.5, 0.6) is 0 Å². The predicted octanol–water partition coefficient (Wildman–Crippen LogP) is 3.54. The molecule has 1 aromatic carbocycles. The molecule has 1 unspecified atom stereocenters. The normalized spacial score (nSPS) is 17.5. The van der Waals surface area contributed by atoms with Crippen LogP contribution in [0.2, 0.25) is 0 Å². The summed E-state index contributed by atoms with van der Waals surface area (Å²) < 4.78 is 14.7. The lowest BCUT2D eigenvalue weighted by Crippen LogP contribution is -2.39. The van der Waals surface area contributed by atoms with Crippen molar-refractivity contribution < 1.29 is 9.18 Å². The van der Waals surface area contributed by atoms with Crippen LogP contribution in [0.25, 0.3) is 5.69 Å². The van der Waals surface area contributed by atoms with Crippen molar-refractivity contribution in [2.45, 2.75) is 32.2 Å². The average Bonchev–Trinajstić information content (AvgIpc) is 3.32. The fourth-order valence-corrected chi connectivity index (χ4v) is 4.11. The summed E-state index contributed by atoms with van der Waals surface area (Å²) in [7, 11) is 0. The third-order valence-electron chi connectivity index (χ3n) is 4.67. The topological polar surface area (TPSA) is 63.9 Å². The van der Waals surface area contributed by atoms with Crippen LogP contribution in [0.4, 0.5) is 4.39 Å². The molecule has 3 aromatic rings. The summed E-state index contributed by atoms with van der Waals surface area (Å²) in [6.45, 7) is 2.49. The van der Waals surface area contributed by atoms with Gasteiger partial charge in [0.15, 0.2) is 5.69 Å². The lowest BCUT2D eigenvalue weighted by atomic mass is 10.0. The Bertz CT molecular complexity index is 906. The number of hydrogen-bond acceptors (Lipinski definition) is 5. The molecule has 0 saturated carbocycles. The molecule has 0 spiro atoms. The van der Waals surface area contributed by atoms with E-state index in [1.165, 1.54) is 12.1 Å². The molecule has 1 amide bonds. The summed E-state index contributed by atoms with van der Waals surface area (Å²) in [4.78, 5) is 19.4. The van der Waals surface area contributed by atoms with Gasteiger partial charge in [-0.1, -0.05) is 5.21 Å². The Morgan fingerprint density at radius 1 is 1.27 bits per heavy atom. The van der Waals surface area contributed by atoms with Crippen molar-refractivity contribution in [3.05, 3.63) is 58.1 Å². The number of thiazole rings is 1. The first kappa shape index (κ1) is 16.8. The summed E-state index contributed by atoms with van der Waals surface area (Å²) in [6.07, 6.45) is 4.73. The van der Waals surface area contributed by atoms with Crippen LogP contribution in [0.3, 0.4) is 0 Å². The smallest absolute Gasteiger partial charge is 0.276 e. The van der Waals surface area contributed by atoms with Gasteiger partial charge in [-0.05, 0) is 50.5 Å². The van der Waals surface area contributed by atoms with Crippen LogP contribution in [-0.4, -0.2) is 37.3 Å². The van der Waals surface area contributed by atoms with E-state index in [9.17, 15) is 9.18 Å². The van der Waals surface area contributed by atoms with E-state index in [0.29, 0.717) is 23.6 Å². The molecule has 4 rings (SSSR count). The predicted molar refractivity (Wildman–Crippen MR) is 95.8 cm³/mol. The Kier molecular flexibility index (Phi) is 4.50. The number of likely N-dealkylation sites (tertiary alicyclic amines) is 1. The van der Waals surface area contributed by atoms with Crippen LogP contribution in [-0.2, 0) is 0 Å². The van der Waals surface area contributed by atoms with E-state index >= 15 is 0 Å². The molecule has 1 saturated heterocycles. The summed E-state index contributed by atoms with van der Waals surface area (Å²) in [6, 6.07) is 5.95. The first-order chi connectivity index (χ1) is 12.6. The van der Waals surface area contributed by atoms with Gasteiger partial charge in [0.25, 0.3) is 5.91 Å². The molecule has 1 fully saturated rings. The number of amides is 1. The standard InChI is InChI=1S/C18H18FN5OS/c1-12-16(21-22-24(12)14-7-5-13(19)6-8-14)18(25)23-10-3-2-4-15(23)17-20-9-11-26-17/h5-9,11,15H,2-4,10H2,1H3. The summed E-state index contributed by atoms with van der Waals surface area (Å²) in [5.74, 6) is -0.446. The van der Waals surface area contributed by atoms with E-state index in [1.807, 2.05) is 10.3 Å². The Morgan fingerprint density at radius 3 is 2.81 bits per heavy atom. The van der Waals surface area contributed by atoms with Crippen molar-refractivity contribution >= 4 is 17.2 Å². The molecular weight excluding hydrogens is 353 g/mol. The van der Waals surface area contributed by atoms with Crippen LogP contribution in [0, 0.1) is 12.7 Å². The Balaban J connectivity index is 1.64. The molecular formula is C18H18FN5OS. The van der Waals surface area contributed by atoms with Crippen molar-refractivity contribution in [3.8, 4) is 5.69 Å². The minimum atomic E-state index is -0.317. The third kappa shape index (κ3) is 3.01. The van der Waals surface area contributed by atoms with E-state index in [1.54, 1.807) is 41.3 Å². The van der Waals surface area contributed by atoms with Gasteiger partial charge in [-0.2, -0.15) is 0 Å². The van der Waals surface area contributed by atoms with Gasteiger partial charge in [0.05, 0.1) is 17.4 Å². The van der Waals surface area contributed by atoms with Crippen molar-refractivity contribution in [1.82, 2.24) is 24.9 Å². The fourth-order valence-electron chi connectivity index (χ4n) is 3.32. The lowest BCUT2D eigenvalue weighted by molar-refractivity contribution is 0.0604. The number of benzene rings is 1. The van der Waals surface area contributed by atoms with Crippen LogP contribution >= 0.6 is 11.3 Å². The molecule has 0 N–H and O–H groups in total. The second-order valence-corrected chi connectivity index (χ2v) is 7.22. The van der Waals surface area contributed by atoms with E-state index in [-0.39, 0.29) is 17.8 Å². The highest BCUT2D eigenvalue weighted by molar-refractivity contribution is 7.09. The number of piperidine rings is 1. The highest BCUT2D eigenvalue weighted by Gasteiger charge is 2.32. The molecule has 3 heterocycles. The molecule has 0 bridgehead atoms. The van der Waals surface area contributed by atoms with Gasteiger partial charge in [0.2, 0.25) is 0 Å². The molecule has 134 valence electrons. The molecule has 6 nitrogen and oxygen atoms in total. The lowest BCUT2D eigenvalue weighted by Gasteiger charge is -2.34. The SMILES string of the molecule is Cc1c(C(=O)N2CCCCC2c2nccs2)nnn1-c1ccc(F)cc1. The molecule has 1 atom stereocenters. The maximum absolute atomic E-state index is 13.2. The van der Waals surface area contributed by atoms with Gasteiger partial charge in [-0.25, -0.2) is 14.1 Å². The maximum Gasteiger partial charge on any atom is 0.276 e. The van der Waals surface area contributed by atoms with Gasteiger partial charge in [-0.3, -0.25) is 4.79 Å². The zero-order valence-electron chi connectivity index (χ0n) is 14.3. The average molecular weight is 371 g/mol. The summed E-state index contributed by atoms with van der Waals surface area (Å²) in [5, 5.41) is 11.1. The highest BCUT2D eigenvalue weighted by atomic mass is 32.1. The number of halogens is 1. The minimum Gasteiger partial charge on any atom is -0.328 e. The Labute approximate surface area is 154 Å². The molecule has 0 aliphatic carbocycles. The number of rotatable bonds is 3. The second kappa shape index (κ2) is 6.95. The van der Waals surface area contributed by atoms with E-state index < -0.39 is 0 Å². The molecule has 1 aliphatic rings. The Morgan fingerprint density at radius 2 is 2.08 bits per heavy atom. The number of carbonyl (C=O) groups excluding carboxylic acids is 1. The molecule has 8 heteroatoms. The van der Waals surface area contributed by atoms with Gasteiger partial charge in [-0.15, -0.1) is 16.4 Å². The number of hydrogen-bond donors (Lipinski definition) is 0. The Hall–Kier alpha value is -2.61. The zero-order chi connectivity index (χ0) is 18.1. The van der Waals surface area contributed by atoms with Crippen molar-refractivity contribution in [3.63, 3.8) is 0 Å². The van der Waals surface area contributed by atoms with Crippen molar-refractivity contribution in [2.75, 3.05) is 6.54 Å². The largest absolute Gasteiger partial charge is 0.328 e. The first-order valence-corrected chi connectivity index (χ1v) is 9.41. The van der Waals surface area contributed by atoms with E-state index in [0.717, 1.165) is 24.3 Å². The van der Waals surface area contributed by atoms with E-state index in [4.69, 9.17) is 0 Å². The summed E-state index contributed by atoms with van der Waals surface area (Å²) >= 11 is 1.57. The van der Waals surface area contributed by atoms with E-state index in [2.05, 4.69) is 15.3 Å². The first-order valence-electron chi connectivity index (χ1n) is 8.54. The van der Waals surface area contributed by atoms with Gasteiger partial charge >= 0.3 is 0 Å². The third-order valence-corrected chi connectivity index (χ3v) is 5.55. The molecule has 26 heavy (non-hydrogen) atoms. The van der Waals surface area contributed by atoms with Crippen LogP contribution in [0.1, 0.15) is 46.5 Å². The van der Waals surface area contributed by atoms with Crippen molar-refractivity contribution in [2.24, 2.45) is 0 Å². The van der Waals surface area contributed by atoms with Crippen molar-refractivity contribution in [1.29, 1.82) is 0 Å². The van der Waals surface area contributed by atoms with Crippen LogP contribution in [0.15, 0.2) is 35.8 Å². The monoisotopic (exact) mass is 371 g/mol. The number of aromatic nitrogens is 4. The van der Waals surface area contributed by atoms with Gasteiger partial charge in [0.1, 0.15) is 10.8 Å². The minimum absolute atomic E-state index is 0.00776. The second-order valence-electron chi connectivity index (χ2n) is 6.29. The summed E-state index contributed by atoms with van der Waals surface area (Å²) in [5.41, 5.74) is 1.65. The molecule has 1 aliphatic heterocycles. The maximum atomic E-state index is 13.2. The van der Waals surface area contributed by atoms with Gasteiger partial charge < -0.3 is 4.90 Å². The zero-order valence-corrected chi connectivity index (χ0v) is 15.1. The highest BCUT2D eigenvalue weighted by Crippen LogP contribution is 2.33. The fraction of sp³-hybridized carbons (Fsp3) is 0.333. The number of carbonyl (C=O) groups is 1. The quantitative estimate of drug-likeness (QED) is 0.706. The molecule has 2 aromatic heterocycles. The molecule has 0 radical (unpaired) electrons. The van der Waals surface area contributed by atoms with Crippen LogP contribution < -0.4 is 0 Å². The van der Waals surface area contributed by atoms with Gasteiger partial charge in [0, 0.05) is 18.1 Å².